The first-order chi connectivity index (χ1) is 11.1. The Morgan fingerprint density at radius 3 is 3.04 bits per heavy atom. The van der Waals surface area contributed by atoms with Gasteiger partial charge in [-0.1, -0.05) is 6.07 Å². The number of benzene rings is 1. The van der Waals surface area contributed by atoms with E-state index in [0.717, 1.165) is 6.07 Å². The van der Waals surface area contributed by atoms with Gasteiger partial charge in [0.05, 0.1) is 36.8 Å². The molecule has 0 radical (unpaired) electrons. The molecule has 2 aromatic rings. The average Bonchev–Trinajstić information content (AvgIpc) is 2.53. The number of rotatable bonds is 3. The molecule has 120 valence electrons. The Morgan fingerprint density at radius 2 is 2.26 bits per heavy atom. The minimum Gasteiger partial charge on any atom is -0.481 e. The third-order valence-corrected chi connectivity index (χ3v) is 3.80. The van der Waals surface area contributed by atoms with Crippen molar-refractivity contribution in [2.45, 2.75) is 12.5 Å². The van der Waals surface area contributed by atoms with E-state index in [4.69, 9.17) is 9.84 Å². The van der Waals surface area contributed by atoms with Crippen LogP contribution >= 0.6 is 0 Å². The van der Waals surface area contributed by atoms with Gasteiger partial charge in [0.25, 0.3) is 5.91 Å². The summed E-state index contributed by atoms with van der Waals surface area (Å²) in [6.45, 7) is 0.739. The van der Waals surface area contributed by atoms with Gasteiger partial charge in [0.15, 0.2) is 0 Å². The minimum atomic E-state index is -1.01. The van der Waals surface area contributed by atoms with Crippen molar-refractivity contribution in [3.05, 3.63) is 41.8 Å². The molecule has 1 unspecified atom stereocenters. The number of amides is 1. The van der Waals surface area contributed by atoms with Gasteiger partial charge in [0.2, 0.25) is 0 Å². The van der Waals surface area contributed by atoms with Gasteiger partial charge < -0.3 is 14.7 Å². The fourth-order valence-corrected chi connectivity index (χ4v) is 2.77. The van der Waals surface area contributed by atoms with Crippen molar-refractivity contribution in [2.75, 3.05) is 19.8 Å². The van der Waals surface area contributed by atoms with Crippen LogP contribution in [0.5, 0.6) is 0 Å². The maximum atomic E-state index is 13.8. The Kier molecular flexibility index (Phi) is 4.20. The van der Waals surface area contributed by atoms with Gasteiger partial charge in [0.1, 0.15) is 5.82 Å². The molecule has 0 saturated carbocycles. The molecule has 2 heterocycles. The molecule has 7 heteroatoms. The third kappa shape index (κ3) is 3.14. The largest absolute Gasteiger partial charge is 0.481 e. The number of ether oxygens (including phenoxy) is 1. The van der Waals surface area contributed by atoms with Gasteiger partial charge in [-0.2, -0.15) is 0 Å². The molecule has 1 aromatic heterocycles. The topological polar surface area (TPSA) is 79.7 Å². The first-order valence-electron chi connectivity index (χ1n) is 7.21. The average molecular weight is 318 g/mol. The van der Waals surface area contributed by atoms with Crippen LogP contribution in [-0.2, 0) is 9.53 Å². The number of aromatic nitrogens is 1. The van der Waals surface area contributed by atoms with Crippen molar-refractivity contribution in [1.29, 1.82) is 0 Å². The highest BCUT2D eigenvalue weighted by atomic mass is 19.1. The number of aliphatic carboxylic acids is 1. The molecule has 1 N–H and O–H groups in total. The van der Waals surface area contributed by atoms with Crippen molar-refractivity contribution >= 4 is 22.8 Å². The second-order valence-electron chi connectivity index (χ2n) is 5.35. The van der Waals surface area contributed by atoms with Crippen LogP contribution in [0.3, 0.4) is 0 Å². The first-order valence-corrected chi connectivity index (χ1v) is 7.21. The summed E-state index contributed by atoms with van der Waals surface area (Å²) < 4.78 is 19.1. The molecule has 0 spiro atoms. The predicted molar refractivity (Wildman–Crippen MR) is 79.6 cm³/mol. The van der Waals surface area contributed by atoms with E-state index in [2.05, 4.69) is 4.98 Å². The first kappa shape index (κ1) is 15.4. The van der Waals surface area contributed by atoms with E-state index in [1.165, 1.54) is 17.2 Å². The number of hydrogen-bond donors (Lipinski definition) is 1. The summed E-state index contributed by atoms with van der Waals surface area (Å²) in [6, 6.07) is 5.22. The van der Waals surface area contributed by atoms with Crippen LogP contribution in [0.25, 0.3) is 10.9 Å². The molecule has 6 nitrogen and oxygen atoms in total. The van der Waals surface area contributed by atoms with Crippen LogP contribution in [0.2, 0.25) is 0 Å². The third-order valence-electron chi connectivity index (χ3n) is 3.80. The Balaban J connectivity index is 2.00. The highest BCUT2D eigenvalue weighted by molar-refractivity contribution is 6.05. The lowest BCUT2D eigenvalue weighted by Gasteiger charge is -2.35. The number of fused-ring (bicyclic) bond motifs is 1. The van der Waals surface area contributed by atoms with Crippen LogP contribution in [0.4, 0.5) is 4.39 Å². The van der Waals surface area contributed by atoms with E-state index >= 15 is 0 Å². The maximum absolute atomic E-state index is 13.8. The fraction of sp³-hybridized carbons (Fsp3) is 0.312. The Labute approximate surface area is 131 Å². The van der Waals surface area contributed by atoms with Crippen LogP contribution in [0, 0.1) is 5.82 Å². The number of carboxylic acids is 1. The van der Waals surface area contributed by atoms with Crippen LogP contribution in [0.1, 0.15) is 16.8 Å². The molecule has 1 aliphatic rings. The monoisotopic (exact) mass is 318 g/mol. The van der Waals surface area contributed by atoms with Gasteiger partial charge in [-0.25, -0.2) is 4.39 Å². The number of carbonyl (C=O) groups excluding carboxylic acids is 1. The number of nitrogens with zero attached hydrogens (tertiary/aromatic N) is 2. The zero-order chi connectivity index (χ0) is 16.4. The minimum absolute atomic E-state index is 0.137. The number of hydrogen-bond acceptors (Lipinski definition) is 4. The molecular formula is C16H15FN2O4. The summed E-state index contributed by atoms with van der Waals surface area (Å²) in [7, 11) is 0. The maximum Gasteiger partial charge on any atom is 0.305 e. The lowest BCUT2D eigenvalue weighted by Crippen LogP contribution is -2.49. The molecule has 23 heavy (non-hydrogen) atoms. The molecule has 0 aliphatic carbocycles. The molecule has 1 fully saturated rings. The van der Waals surface area contributed by atoms with Gasteiger partial charge in [-0.3, -0.25) is 14.6 Å². The Bertz CT molecular complexity index is 765. The van der Waals surface area contributed by atoms with Crippen molar-refractivity contribution in [3.8, 4) is 0 Å². The number of carboxylic acid groups (broad SMARTS) is 1. The van der Waals surface area contributed by atoms with E-state index in [0.29, 0.717) is 17.5 Å². The Hall–Kier alpha value is -2.54. The Morgan fingerprint density at radius 1 is 1.43 bits per heavy atom. The highest BCUT2D eigenvalue weighted by Gasteiger charge is 2.31. The van der Waals surface area contributed by atoms with Crippen molar-refractivity contribution in [3.63, 3.8) is 0 Å². The molecule has 1 aliphatic heterocycles. The van der Waals surface area contributed by atoms with E-state index in [1.54, 1.807) is 12.1 Å². The van der Waals surface area contributed by atoms with Gasteiger partial charge in [-0.15, -0.1) is 0 Å². The van der Waals surface area contributed by atoms with E-state index in [9.17, 15) is 14.0 Å². The molecule has 1 saturated heterocycles. The van der Waals surface area contributed by atoms with Crippen LogP contribution in [0.15, 0.2) is 30.5 Å². The number of pyridine rings is 1. The fourth-order valence-electron chi connectivity index (χ4n) is 2.77. The van der Waals surface area contributed by atoms with Gasteiger partial charge in [-0.05, 0) is 18.2 Å². The lowest BCUT2D eigenvalue weighted by atomic mass is 10.1. The highest BCUT2D eigenvalue weighted by Crippen LogP contribution is 2.22. The second-order valence-corrected chi connectivity index (χ2v) is 5.35. The van der Waals surface area contributed by atoms with Crippen molar-refractivity contribution in [1.82, 2.24) is 9.88 Å². The molecular weight excluding hydrogens is 303 g/mol. The van der Waals surface area contributed by atoms with Gasteiger partial charge >= 0.3 is 5.97 Å². The normalized spacial score (nSPS) is 18.1. The van der Waals surface area contributed by atoms with Crippen molar-refractivity contribution < 1.29 is 23.8 Å². The molecule has 1 amide bonds. The summed E-state index contributed by atoms with van der Waals surface area (Å²) in [5, 5.41) is 9.51. The quantitative estimate of drug-likeness (QED) is 0.931. The molecule has 3 rings (SSSR count). The van der Waals surface area contributed by atoms with E-state index < -0.39 is 23.7 Å². The standard InChI is InChI=1S/C16H15FN2O4/c17-11-6-10-2-1-3-18-15(10)13(7-11)16(22)19-4-5-23-9-12(19)8-14(20)21/h1-3,6-7,12H,4-5,8-9H2,(H,20,21). The van der Waals surface area contributed by atoms with E-state index in [1.807, 2.05) is 0 Å². The van der Waals surface area contributed by atoms with Crippen LogP contribution < -0.4 is 0 Å². The zero-order valence-corrected chi connectivity index (χ0v) is 12.2. The zero-order valence-electron chi connectivity index (χ0n) is 12.2. The van der Waals surface area contributed by atoms with Crippen molar-refractivity contribution in [2.24, 2.45) is 0 Å². The smallest absolute Gasteiger partial charge is 0.305 e. The van der Waals surface area contributed by atoms with Gasteiger partial charge in [0, 0.05) is 18.1 Å². The van der Waals surface area contributed by atoms with Crippen LogP contribution in [-0.4, -0.2) is 52.7 Å². The van der Waals surface area contributed by atoms with E-state index in [-0.39, 0.29) is 25.1 Å². The summed E-state index contributed by atoms with van der Waals surface area (Å²) >= 11 is 0. The predicted octanol–water partition coefficient (Wildman–Crippen LogP) is 1.69. The summed E-state index contributed by atoms with van der Waals surface area (Å²) in [5.74, 6) is -1.97. The molecule has 1 aromatic carbocycles. The summed E-state index contributed by atoms with van der Waals surface area (Å²) in [4.78, 5) is 29.4. The molecule has 0 bridgehead atoms. The number of morpholine rings is 1. The lowest BCUT2D eigenvalue weighted by molar-refractivity contribution is -0.139. The number of halogens is 1. The summed E-state index contributed by atoms with van der Waals surface area (Å²) in [6.07, 6.45) is 1.32. The number of carbonyl (C=O) groups is 2. The molecule has 1 atom stereocenters. The SMILES string of the molecule is O=C(O)CC1COCCN1C(=O)c1cc(F)cc2cccnc12. The second kappa shape index (κ2) is 6.29. The summed E-state index contributed by atoms with van der Waals surface area (Å²) in [5.41, 5.74) is 0.539.